The van der Waals surface area contributed by atoms with E-state index in [1.165, 1.54) is 7.11 Å². The van der Waals surface area contributed by atoms with Crippen LogP contribution in [0.5, 0.6) is 0 Å². The second-order valence-electron chi connectivity index (χ2n) is 3.17. The Hall–Kier alpha value is -1.76. The van der Waals surface area contributed by atoms with Crippen molar-refractivity contribution >= 4 is 5.97 Å². The van der Waals surface area contributed by atoms with Crippen LogP contribution in [0.2, 0.25) is 0 Å². The Balaban J connectivity index is 2.91. The molecule has 80 valence electrons. The number of methoxy groups -OCH3 is 1. The van der Waals surface area contributed by atoms with Crippen LogP contribution in [0.25, 0.3) is 4.85 Å². The minimum absolute atomic E-state index is 0.101. The lowest BCUT2D eigenvalue weighted by molar-refractivity contribution is -0.135. The van der Waals surface area contributed by atoms with Gasteiger partial charge >= 0.3 is 5.97 Å². The number of hydrogen-bond donors (Lipinski definition) is 0. The summed E-state index contributed by atoms with van der Waals surface area (Å²) < 4.78 is 4.55. The quantitative estimate of drug-likeness (QED) is 0.390. The zero-order valence-electron chi connectivity index (χ0n) is 8.99. The summed E-state index contributed by atoms with van der Waals surface area (Å²) >= 11 is 0. The van der Waals surface area contributed by atoms with Crippen LogP contribution in [0.1, 0.15) is 13.3 Å². The highest BCUT2D eigenvalue weighted by Crippen LogP contribution is 2.18. The summed E-state index contributed by atoms with van der Waals surface area (Å²) in [6.07, 6.45) is 4.45. The third-order valence-corrected chi connectivity index (χ3v) is 2.36. The molecule has 0 saturated carbocycles. The molecule has 1 rings (SSSR count). The summed E-state index contributed by atoms with van der Waals surface area (Å²) in [4.78, 5) is 16.6. The number of hydrogen-bond acceptors (Lipinski definition) is 3. The van der Waals surface area contributed by atoms with Crippen LogP contribution in [-0.2, 0) is 9.53 Å². The first-order chi connectivity index (χ1) is 7.22. The van der Waals surface area contributed by atoms with Crippen molar-refractivity contribution in [3.05, 3.63) is 35.0 Å². The lowest BCUT2D eigenvalue weighted by Gasteiger charge is -2.23. The number of allylic oxidation sites excluding steroid dienone is 1. The van der Waals surface area contributed by atoms with Crippen LogP contribution in [0.4, 0.5) is 0 Å². The van der Waals surface area contributed by atoms with Crippen LogP contribution in [0, 0.1) is 6.57 Å². The third-order valence-electron chi connectivity index (χ3n) is 2.36. The number of ether oxygens (including phenoxy) is 1. The molecule has 0 atom stereocenters. The van der Waals surface area contributed by atoms with Crippen LogP contribution in [0.15, 0.2) is 23.5 Å². The molecule has 0 bridgehead atoms. The minimum atomic E-state index is -0.547. The van der Waals surface area contributed by atoms with Gasteiger partial charge in [0.05, 0.1) is 13.7 Å². The molecule has 0 aromatic rings. The van der Waals surface area contributed by atoms with E-state index >= 15 is 0 Å². The Labute approximate surface area is 89.6 Å². The number of nitrogens with zero attached hydrogens (tertiary/aromatic N) is 2. The normalized spacial score (nSPS) is 18.3. The molecular formula is C11H14N2O2. The molecule has 1 heterocycles. The topological polar surface area (TPSA) is 33.9 Å². The van der Waals surface area contributed by atoms with Crippen molar-refractivity contribution in [2.45, 2.75) is 13.3 Å². The van der Waals surface area contributed by atoms with Gasteiger partial charge in [0.25, 0.3) is 5.70 Å². The van der Waals surface area contributed by atoms with Gasteiger partial charge in [-0.1, -0.05) is 6.08 Å². The first kappa shape index (κ1) is 11.3. The van der Waals surface area contributed by atoms with Crippen molar-refractivity contribution in [2.24, 2.45) is 0 Å². The summed E-state index contributed by atoms with van der Waals surface area (Å²) in [7, 11) is 1.29. The molecule has 4 nitrogen and oxygen atoms in total. The Morgan fingerprint density at radius 2 is 2.47 bits per heavy atom. The highest BCUT2D eigenvalue weighted by molar-refractivity contribution is 5.91. The molecule has 1 aliphatic rings. The Morgan fingerprint density at radius 3 is 2.87 bits per heavy atom. The maximum absolute atomic E-state index is 11.3. The Kier molecular flexibility index (Phi) is 3.92. The van der Waals surface area contributed by atoms with Gasteiger partial charge in [0.1, 0.15) is 0 Å². The van der Waals surface area contributed by atoms with Gasteiger partial charge in [-0.05, 0) is 25.1 Å². The standard InChI is InChI=1S/C11H14N2O2/c1-4-13-7-5-9(6-8-13)10(12-2)11(14)15-3/h5,7H,4,6,8H2,1,3H3/b10-9+. The number of rotatable bonds is 2. The fraction of sp³-hybridized carbons (Fsp3) is 0.455. The summed E-state index contributed by atoms with van der Waals surface area (Å²) in [5.74, 6) is -0.547. The van der Waals surface area contributed by atoms with E-state index in [4.69, 9.17) is 6.57 Å². The minimum Gasteiger partial charge on any atom is -0.474 e. The van der Waals surface area contributed by atoms with E-state index in [-0.39, 0.29) is 5.70 Å². The van der Waals surface area contributed by atoms with Crippen molar-refractivity contribution in [3.8, 4) is 0 Å². The molecule has 0 radical (unpaired) electrons. The molecule has 0 saturated heterocycles. The van der Waals surface area contributed by atoms with Gasteiger partial charge in [-0.2, -0.15) is 0 Å². The van der Waals surface area contributed by atoms with Crippen molar-refractivity contribution in [1.29, 1.82) is 0 Å². The number of carbonyl (C=O) groups excluding carboxylic acids is 1. The van der Waals surface area contributed by atoms with E-state index in [2.05, 4.69) is 21.4 Å². The smallest absolute Gasteiger partial charge is 0.336 e. The van der Waals surface area contributed by atoms with Gasteiger partial charge in [0, 0.05) is 13.1 Å². The second-order valence-corrected chi connectivity index (χ2v) is 3.17. The van der Waals surface area contributed by atoms with Gasteiger partial charge in [-0.3, -0.25) is 4.79 Å². The van der Waals surface area contributed by atoms with Crippen molar-refractivity contribution in [2.75, 3.05) is 20.2 Å². The predicted molar refractivity (Wildman–Crippen MR) is 56.6 cm³/mol. The number of carbonyl (C=O) groups is 1. The molecule has 4 heteroatoms. The first-order valence-electron chi connectivity index (χ1n) is 4.84. The van der Waals surface area contributed by atoms with Crippen LogP contribution < -0.4 is 0 Å². The fourth-order valence-electron chi connectivity index (χ4n) is 1.42. The molecule has 0 aliphatic carbocycles. The van der Waals surface area contributed by atoms with Gasteiger partial charge in [-0.15, -0.1) is 0 Å². The summed E-state index contributed by atoms with van der Waals surface area (Å²) in [6, 6.07) is 0. The molecule has 0 unspecified atom stereocenters. The van der Waals surface area contributed by atoms with Gasteiger partial charge in [-0.25, -0.2) is 4.85 Å². The monoisotopic (exact) mass is 206 g/mol. The third kappa shape index (κ3) is 2.59. The second kappa shape index (κ2) is 5.20. The van der Waals surface area contributed by atoms with E-state index in [0.29, 0.717) is 0 Å². The summed E-state index contributed by atoms with van der Waals surface area (Å²) in [5, 5.41) is 0. The SMILES string of the molecule is [C-]#[N+]/C(C(=O)OC)=C1\C=CN(CC)CC1. The maximum atomic E-state index is 11.3. The van der Waals surface area contributed by atoms with Crippen molar-refractivity contribution in [3.63, 3.8) is 0 Å². The summed E-state index contributed by atoms with van der Waals surface area (Å²) in [6.45, 7) is 10.8. The molecule has 0 spiro atoms. The van der Waals surface area contributed by atoms with E-state index < -0.39 is 5.97 Å². The molecule has 0 N–H and O–H groups in total. The first-order valence-corrected chi connectivity index (χ1v) is 4.84. The number of esters is 1. The average molecular weight is 206 g/mol. The van der Waals surface area contributed by atoms with Crippen molar-refractivity contribution in [1.82, 2.24) is 4.90 Å². The van der Waals surface area contributed by atoms with Gasteiger partial charge in [0.15, 0.2) is 0 Å². The van der Waals surface area contributed by atoms with Gasteiger partial charge in [0.2, 0.25) is 0 Å². The molecule has 0 fully saturated rings. The molecular weight excluding hydrogens is 192 g/mol. The zero-order chi connectivity index (χ0) is 11.3. The summed E-state index contributed by atoms with van der Waals surface area (Å²) in [5.41, 5.74) is 0.867. The highest BCUT2D eigenvalue weighted by Gasteiger charge is 2.17. The highest BCUT2D eigenvalue weighted by atomic mass is 16.5. The lowest BCUT2D eigenvalue weighted by Crippen LogP contribution is -2.22. The average Bonchev–Trinajstić information content (AvgIpc) is 2.30. The fourth-order valence-corrected chi connectivity index (χ4v) is 1.42. The van der Waals surface area contributed by atoms with Crippen molar-refractivity contribution < 1.29 is 9.53 Å². The van der Waals surface area contributed by atoms with E-state index in [9.17, 15) is 4.79 Å². The van der Waals surface area contributed by atoms with E-state index in [1.807, 2.05) is 12.3 Å². The lowest BCUT2D eigenvalue weighted by atomic mass is 10.1. The largest absolute Gasteiger partial charge is 0.474 e. The van der Waals surface area contributed by atoms with E-state index in [1.54, 1.807) is 0 Å². The van der Waals surface area contributed by atoms with Gasteiger partial charge < -0.3 is 9.64 Å². The molecule has 15 heavy (non-hydrogen) atoms. The molecule has 0 aromatic heterocycles. The van der Waals surface area contributed by atoms with Crippen LogP contribution >= 0.6 is 0 Å². The molecule has 1 aliphatic heterocycles. The van der Waals surface area contributed by atoms with E-state index in [0.717, 1.165) is 25.1 Å². The predicted octanol–water partition coefficient (Wildman–Crippen LogP) is 1.57. The Bertz CT molecular complexity index is 350. The molecule has 0 amide bonds. The zero-order valence-corrected chi connectivity index (χ0v) is 8.99. The maximum Gasteiger partial charge on any atom is 0.336 e. The van der Waals surface area contributed by atoms with Crippen LogP contribution in [-0.4, -0.2) is 31.1 Å². The molecule has 0 aromatic carbocycles. The Morgan fingerprint density at radius 1 is 1.73 bits per heavy atom. The van der Waals surface area contributed by atoms with Crippen LogP contribution in [0.3, 0.4) is 0 Å².